The monoisotopic (exact) mass is 1090 g/mol. The Labute approximate surface area is 486 Å². The van der Waals surface area contributed by atoms with Gasteiger partial charge >= 0.3 is 17.9 Å². The molecule has 78 heavy (non-hydrogen) atoms. The summed E-state index contributed by atoms with van der Waals surface area (Å²) in [5.74, 6) is -0.877. The van der Waals surface area contributed by atoms with Crippen molar-refractivity contribution in [1.82, 2.24) is 0 Å². The average Bonchev–Trinajstić information content (AvgIpc) is 3.44. The molecule has 6 heteroatoms. The Kier molecular flexibility index (Phi) is 64.6. The van der Waals surface area contributed by atoms with Crippen LogP contribution in [0.5, 0.6) is 0 Å². The van der Waals surface area contributed by atoms with Crippen molar-refractivity contribution >= 4 is 17.9 Å². The van der Waals surface area contributed by atoms with E-state index in [0.717, 1.165) is 89.9 Å². The fraction of sp³-hybridized carbons (Fsp3) is 0.847. The van der Waals surface area contributed by atoms with E-state index in [9.17, 15) is 14.4 Å². The fourth-order valence-corrected chi connectivity index (χ4v) is 10.4. The van der Waals surface area contributed by atoms with Crippen molar-refractivity contribution in [2.75, 3.05) is 13.2 Å². The van der Waals surface area contributed by atoms with E-state index in [-0.39, 0.29) is 31.1 Å². The Balaban J connectivity index is 4.08. The van der Waals surface area contributed by atoms with E-state index < -0.39 is 6.10 Å². The number of rotatable bonds is 64. The molecule has 0 aromatic carbocycles. The molecule has 0 aliphatic carbocycles. The maximum atomic E-state index is 12.9. The minimum atomic E-state index is -0.781. The Morgan fingerprint density at radius 1 is 0.269 bits per heavy atom. The summed E-state index contributed by atoms with van der Waals surface area (Å²) < 4.78 is 16.9. The van der Waals surface area contributed by atoms with Crippen molar-refractivity contribution in [2.24, 2.45) is 0 Å². The van der Waals surface area contributed by atoms with Crippen molar-refractivity contribution < 1.29 is 28.6 Å². The molecule has 0 fully saturated rings. The van der Waals surface area contributed by atoms with Crippen molar-refractivity contribution in [3.05, 3.63) is 48.6 Å². The third-order valence-corrected chi connectivity index (χ3v) is 15.6. The highest BCUT2D eigenvalue weighted by atomic mass is 16.6. The molecule has 456 valence electrons. The van der Waals surface area contributed by atoms with Crippen molar-refractivity contribution in [3.8, 4) is 0 Å². The van der Waals surface area contributed by atoms with Crippen LogP contribution in [0, 0.1) is 0 Å². The van der Waals surface area contributed by atoms with Gasteiger partial charge in [0.2, 0.25) is 0 Å². The van der Waals surface area contributed by atoms with Gasteiger partial charge in [-0.2, -0.15) is 0 Å². The summed E-state index contributed by atoms with van der Waals surface area (Å²) in [6.45, 7) is 6.53. The third kappa shape index (κ3) is 64.2. The van der Waals surface area contributed by atoms with Crippen molar-refractivity contribution in [2.45, 2.75) is 380 Å². The summed E-state index contributed by atoms with van der Waals surface area (Å²) in [6, 6.07) is 0. The molecule has 0 bridgehead atoms. The van der Waals surface area contributed by atoms with E-state index >= 15 is 0 Å². The standard InChI is InChI=1S/C72H132O6/c1-4-7-10-13-16-19-22-24-26-28-29-30-31-32-33-34-35-36-37-38-39-40-41-42-44-45-47-50-53-56-59-62-65-71(74)77-68-69(67-76-70(73)64-61-58-55-52-49-21-18-15-12-9-6-3)78-72(75)66-63-60-57-54-51-48-46-43-27-25-23-20-17-14-11-8-5-2/h8,11,15,17-18,20,25,27,69H,4-7,9-10,12-14,16,19,21-24,26,28-68H2,1-3H3/b11-8-,18-15-,20-17-,27-25-. The molecule has 0 aromatic rings. The van der Waals surface area contributed by atoms with Gasteiger partial charge in [0, 0.05) is 19.3 Å². The summed E-state index contributed by atoms with van der Waals surface area (Å²) in [5.41, 5.74) is 0. The van der Waals surface area contributed by atoms with Gasteiger partial charge in [0.05, 0.1) is 0 Å². The molecule has 1 unspecified atom stereocenters. The van der Waals surface area contributed by atoms with Crippen molar-refractivity contribution in [3.63, 3.8) is 0 Å². The lowest BCUT2D eigenvalue weighted by atomic mass is 10.0. The smallest absolute Gasteiger partial charge is 0.306 e. The van der Waals surface area contributed by atoms with Crippen LogP contribution in [-0.4, -0.2) is 37.2 Å². The zero-order valence-electron chi connectivity index (χ0n) is 52.5. The maximum Gasteiger partial charge on any atom is 0.306 e. The quantitative estimate of drug-likeness (QED) is 0.0261. The molecular weight excluding hydrogens is 961 g/mol. The normalized spacial score (nSPS) is 12.3. The summed E-state index contributed by atoms with van der Waals surface area (Å²) in [7, 11) is 0. The molecule has 0 amide bonds. The molecule has 0 N–H and O–H groups in total. The lowest BCUT2D eigenvalue weighted by Crippen LogP contribution is -2.30. The number of hydrogen-bond donors (Lipinski definition) is 0. The zero-order chi connectivity index (χ0) is 56.4. The fourth-order valence-electron chi connectivity index (χ4n) is 10.4. The van der Waals surface area contributed by atoms with Crippen LogP contribution >= 0.6 is 0 Å². The Morgan fingerprint density at radius 2 is 0.513 bits per heavy atom. The number of hydrogen-bond acceptors (Lipinski definition) is 6. The Morgan fingerprint density at radius 3 is 0.833 bits per heavy atom. The second-order valence-electron chi connectivity index (χ2n) is 23.4. The Bertz CT molecular complexity index is 1350. The highest BCUT2D eigenvalue weighted by molar-refractivity contribution is 5.71. The van der Waals surface area contributed by atoms with Gasteiger partial charge in [0.25, 0.3) is 0 Å². The first-order chi connectivity index (χ1) is 38.5. The second-order valence-corrected chi connectivity index (χ2v) is 23.4. The van der Waals surface area contributed by atoms with Gasteiger partial charge in [-0.1, -0.05) is 333 Å². The number of unbranched alkanes of at least 4 members (excludes halogenated alkanes) is 45. The molecule has 0 spiro atoms. The predicted octanol–water partition coefficient (Wildman–Crippen LogP) is 23.7. The molecule has 0 saturated carbocycles. The van der Waals surface area contributed by atoms with Gasteiger partial charge in [-0.3, -0.25) is 14.4 Å². The minimum Gasteiger partial charge on any atom is -0.462 e. The van der Waals surface area contributed by atoms with Crippen LogP contribution in [0.4, 0.5) is 0 Å². The van der Waals surface area contributed by atoms with Crippen LogP contribution in [0.1, 0.15) is 374 Å². The lowest BCUT2D eigenvalue weighted by molar-refractivity contribution is -0.167. The second kappa shape index (κ2) is 66.9. The first-order valence-corrected chi connectivity index (χ1v) is 34.6. The molecule has 0 heterocycles. The zero-order valence-corrected chi connectivity index (χ0v) is 52.5. The van der Waals surface area contributed by atoms with Crippen LogP contribution in [0.3, 0.4) is 0 Å². The summed E-state index contributed by atoms with van der Waals surface area (Å²) in [6.07, 6.45) is 84.5. The number of ether oxygens (including phenoxy) is 3. The molecule has 0 radical (unpaired) electrons. The Hall–Kier alpha value is -2.63. The molecule has 1 atom stereocenters. The largest absolute Gasteiger partial charge is 0.462 e. The molecular formula is C72H132O6. The van der Waals surface area contributed by atoms with E-state index in [2.05, 4.69) is 69.4 Å². The van der Waals surface area contributed by atoms with E-state index in [0.29, 0.717) is 19.3 Å². The lowest BCUT2D eigenvalue weighted by Gasteiger charge is -2.18. The van der Waals surface area contributed by atoms with E-state index in [1.807, 2.05) is 0 Å². The molecule has 0 aliphatic rings. The molecule has 0 aromatic heterocycles. The molecule has 0 aliphatic heterocycles. The van der Waals surface area contributed by atoms with Gasteiger partial charge in [-0.15, -0.1) is 0 Å². The van der Waals surface area contributed by atoms with Crippen LogP contribution < -0.4 is 0 Å². The highest BCUT2D eigenvalue weighted by Gasteiger charge is 2.19. The SMILES string of the molecule is CC/C=C\C/C=C\C/C=C\CCCCCCCCCC(=O)OC(COC(=O)CCCCCCC/C=C\CCCC)COC(=O)CCCCCCCCCCCCCCCCCCCCCCCCCCCCCCCCCC. The van der Waals surface area contributed by atoms with Crippen LogP contribution in [0.25, 0.3) is 0 Å². The number of carbonyl (C=O) groups excluding carboxylic acids is 3. The average molecular weight is 1090 g/mol. The number of esters is 3. The van der Waals surface area contributed by atoms with Gasteiger partial charge in [-0.25, -0.2) is 0 Å². The van der Waals surface area contributed by atoms with E-state index in [1.54, 1.807) is 0 Å². The maximum absolute atomic E-state index is 12.9. The summed E-state index contributed by atoms with van der Waals surface area (Å²) >= 11 is 0. The summed E-state index contributed by atoms with van der Waals surface area (Å²) in [4.78, 5) is 38.3. The van der Waals surface area contributed by atoms with E-state index in [4.69, 9.17) is 14.2 Å². The first kappa shape index (κ1) is 75.4. The first-order valence-electron chi connectivity index (χ1n) is 34.6. The van der Waals surface area contributed by atoms with E-state index in [1.165, 1.54) is 244 Å². The summed E-state index contributed by atoms with van der Waals surface area (Å²) in [5, 5.41) is 0. The van der Waals surface area contributed by atoms with Gasteiger partial charge in [0.1, 0.15) is 13.2 Å². The van der Waals surface area contributed by atoms with Gasteiger partial charge < -0.3 is 14.2 Å². The molecule has 6 nitrogen and oxygen atoms in total. The number of carbonyl (C=O) groups is 3. The molecule has 0 saturated heterocycles. The van der Waals surface area contributed by atoms with Gasteiger partial charge in [0.15, 0.2) is 6.10 Å². The predicted molar refractivity (Wildman–Crippen MR) is 339 cm³/mol. The molecule has 0 rings (SSSR count). The number of allylic oxidation sites excluding steroid dienone is 8. The van der Waals surface area contributed by atoms with Crippen LogP contribution in [-0.2, 0) is 28.6 Å². The third-order valence-electron chi connectivity index (χ3n) is 15.6. The van der Waals surface area contributed by atoms with Gasteiger partial charge in [-0.05, 0) is 70.6 Å². The minimum absolute atomic E-state index is 0.0765. The van der Waals surface area contributed by atoms with Crippen molar-refractivity contribution in [1.29, 1.82) is 0 Å². The topological polar surface area (TPSA) is 78.9 Å². The highest BCUT2D eigenvalue weighted by Crippen LogP contribution is 2.19. The van der Waals surface area contributed by atoms with Crippen LogP contribution in [0.15, 0.2) is 48.6 Å². The van der Waals surface area contributed by atoms with Crippen LogP contribution in [0.2, 0.25) is 0 Å².